The molecule has 0 amide bonds. The zero-order valence-corrected chi connectivity index (χ0v) is 11.7. The third-order valence-corrected chi connectivity index (χ3v) is 5.62. The third kappa shape index (κ3) is 2.30. The van der Waals surface area contributed by atoms with Crippen molar-refractivity contribution >= 4 is 21.2 Å². The van der Waals surface area contributed by atoms with Gasteiger partial charge in [-0.2, -0.15) is 0 Å². The fourth-order valence-corrected chi connectivity index (χ4v) is 4.29. The van der Waals surface area contributed by atoms with E-state index in [9.17, 15) is 8.42 Å². The molecule has 3 nitrogen and oxygen atoms in total. The summed E-state index contributed by atoms with van der Waals surface area (Å²) in [6, 6.07) is 0. The van der Waals surface area contributed by atoms with Crippen molar-refractivity contribution in [3.63, 3.8) is 0 Å². The predicted molar refractivity (Wildman–Crippen MR) is 65.9 cm³/mol. The van der Waals surface area contributed by atoms with E-state index in [0.717, 1.165) is 23.5 Å². The minimum Gasteiger partial charge on any atom is -0.244 e. The van der Waals surface area contributed by atoms with Gasteiger partial charge < -0.3 is 0 Å². The molecule has 0 saturated heterocycles. The lowest BCUT2D eigenvalue weighted by Gasteiger charge is -2.16. The van der Waals surface area contributed by atoms with Crippen LogP contribution in [0.25, 0.3) is 0 Å². The molecule has 5 heteroatoms. The van der Waals surface area contributed by atoms with Gasteiger partial charge in [-0.25, -0.2) is 13.4 Å². The molecule has 0 aromatic carbocycles. The molecule has 0 radical (unpaired) electrons. The van der Waals surface area contributed by atoms with E-state index in [1.165, 1.54) is 17.6 Å². The molecular weight excluding hydrogens is 242 g/mol. The number of rotatable bonds is 2. The zero-order chi connectivity index (χ0) is 12.1. The van der Waals surface area contributed by atoms with E-state index in [-0.39, 0.29) is 5.41 Å². The normalized spacial score (nSPS) is 17.8. The number of aromatic nitrogens is 1. The summed E-state index contributed by atoms with van der Waals surface area (Å²) in [6.45, 7) is 6.02. The van der Waals surface area contributed by atoms with E-state index in [1.807, 2.05) is 20.8 Å². The molecule has 1 aromatic heterocycles. The monoisotopic (exact) mass is 259 g/mol. The topological polar surface area (TPSA) is 47.0 Å². The number of thiazole rings is 1. The van der Waals surface area contributed by atoms with Crippen molar-refractivity contribution in [3.8, 4) is 0 Å². The highest BCUT2D eigenvalue weighted by molar-refractivity contribution is 7.92. The molecule has 0 bridgehead atoms. The summed E-state index contributed by atoms with van der Waals surface area (Å²) < 4.78 is 23.9. The largest absolute Gasteiger partial charge is 0.244 e. The predicted octanol–water partition coefficient (Wildman–Crippen LogP) is 2.72. The molecule has 0 spiro atoms. The second-order valence-electron chi connectivity index (χ2n) is 5.48. The first-order valence-corrected chi connectivity index (χ1v) is 8.11. The fourth-order valence-electron chi connectivity index (χ4n) is 1.55. The highest BCUT2D eigenvalue weighted by atomic mass is 32.2. The summed E-state index contributed by atoms with van der Waals surface area (Å²) in [5.41, 5.74) is 0.532. The molecule has 0 N–H and O–H groups in total. The second-order valence-corrected chi connectivity index (χ2v) is 8.73. The van der Waals surface area contributed by atoms with Crippen molar-refractivity contribution in [2.75, 3.05) is 6.26 Å². The Morgan fingerprint density at radius 1 is 1.31 bits per heavy atom. The molecule has 0 aliphatic heterocycles. The maximum absolute atomic E-state index is 11.7. The average molecular weight is 259 g/mol. The molecule has 90 valence electrons. The number of hydrogen-bond donors (Lipinski definition) is 0. The van der Waals surface area contributed by atoms with Gasteiger partial charge in [-0.15, -0.1) is 11.3 Å². The summed E-state index contributed by atoms with van der Waals surface area (Å²) in [6.07, 6.45) is 3.58. The quantitative estimate of drug-likeness (QED) is 0.820. The fraction of sp³-hybridized carbons (Fsp3) is 0.727. The van der Waals surface area contributed by atoms with Gasteiger partial charge in [0.05, 0.1) is 10.7 Å². The molecule has 1 fully saturated rings. The standard InChI is InChI=1S/C11H17NO2S2/c1-11(2,3)8-10(16(4,13)14)15-9(12-8)7-5-6-7/h7H,5-6H2,1-4H3. The lowest BCUT2D eigenvalue weighted by Crippen LogP contribution is -2.15. The Morgan fingerprint density at radius 2 is 1.88 bits per heavy atom. The molecule has 1 saturated carbocycles. The van der Waals surface area contributed by atoms with E-state index in [2.05, 4.69) is 4.98 Å². The molecule has 0 atom stereocenters. The third-order valence-electron chi connectivity index (χ3n) is 2.59. The Labute approximate surface area is 101 Å². The average Bonchev–Trinajstić information content (AvgIpc) is 2.80. The first-order chi connectivity index (χ1) is 7.19. The van der Waals surface area contributed by atoms with Gasteiger partial charge in [-0.1, -0.05) is 20.8 Å². The van der Waals surface area contributed by atoms with Gasteiger partial charge in [-0.05, 0) is 12.8 Å². The van der Waals surface area contributed by atoms with Gasteiger partial charge >= 0.3 is 0 Å². The lowest BCUT2D eigenvalue weighted by molar-refractivity contribution is 0.551. The number of hydrogen-bond acceptors (Lipinski definition) is 4. The molecule has 0 unspecified atom stereocenters. The maximum Gasteiger partial charge on any atom is 0.186 e. The van der Waals surface area contributed by atoms with Gasteiger partial charge in [0.15, 0.2) is 9.84 Å². The Balaban J connectivity index is 2.57. The molecule has 1 aliphatic carbocycles. The van der Waals surface area contributed by atoms with E-state index >= 15 is 0 Å². The summed E-state index contributed by atoms with van der Waals surface area (Å²) in [7, 11) is -3.15. The highest BCUT2D eigenvalue weighted by Crippen LogP contribution is 2.45. The highest BCUT2D eigenvalue weighted by Gasteiger charge is 2.33. The molecule has 1 heterocycles. The van der Waals surface area contributed by atoms with Gasteiger partial charge in [0.2, 0.25) is 0 Å². The van der Waals surface area contributed by atoms with Crippen molar-refractivity contribution in [1.29, 1.82) is 0 Å². The molecule has 1 aliphatic rings. The number of sulfone groups is 1. The molecule has 16 heavy (non-hydrogen) atoms. The number of nitrogens with zero attached hydrogens (tertiary/aromatic N) is 1. The second kappa shape index (κ2) is 3.53. The van der Waals surface area contributed by atoms with Gasteiger partial charge in [0, 0.05) is 17.6 Å². The van der Waals surface area contributed by atoms with Crippen molar-refractivity contribution < 1.29 is 8.42 Å². The van der Waals surface area contributed by atoms with Crippen molar-refractivity contribution in [2.24, 2.45) is 0 Å². The van der Waals surface area contributed by atoms with Gasteiger partial charge in [0.1, 0.15) is 4.21 Å². The molecule has 2 rings (SSSR count). The van der Waals surface area contributed by atoms with Crippen LogP contribution in [-0.2, 0) is 15.3 Å². The molecule has 1 aromatic rings. The summed E-state index contributed by atoms with van der Waals surface area (Å²) in [4.78, 5) is 4.55. The van der Waals surface area contributed by atoms with Crippen LogP contribution >= 0.6 is 11.3 Å². The first-order valence-electron chi connectivity index (χ1n) is 5.41. The van der Waals surface area contributed by atoms with Crippen LogP contribution in [0.3, 0.4) is 0 Å². The summed E-state index contributed by atoms with van der Waals surface area (Å²) >= 11 is 1.36. The maximum atomic E-state index is 11.7. The minimum absolute atomic E-state index is 0.206. The van der Waals surface area contributed by atoms with Crippen molar-refractivity contribution in [1.82, 2.24) is 4.98 Å². The van der Waals surface area contributed by atoms with E-state index in [0.29, 0.717) is 10.1 Å². The van der Waals surface area contributed by atoms with Crippen LogP contribution in [0.1, 0.15) is 50.2 Å². The van der Waals surface area contributed by atoms with Crippen molar-refractivity contribution in [2.45, 2.75) is 49.2 Å². The summed E-state index contributed by atoms with van der Waals surface area (Å²) in [5, 5.41) is 1.00. The SMILES string of the molecule is CC(C)(C)c1nc(C2CC2)sc1S(C)(=O)=O. The van der Waals surface area contributed by atoms with Crippen LogP contribution in [-0.4, -0.2) is 19.7 Å². The lowest BCUT2D eigenvalue weighted by atomic mass is 9.93. The van der Waals surface area contributed by atoms with Gasteiger partial charge in [-0.3, -0.25) is 0 Å². The van der Waals surface area contributed by atoms with Crippen molar-refractivity contribution in [3.05, 3.63) is 10.7 Å². The Morgan fingerprint density at radius 3 is 2.19 bits per heavy atom. The Bertz CT molecular complexity index is 505. The zero-order valence-electron chi connectivity index (χ0n) is 10.1. The van der Waals surface area contributed by atoms with Crippen LogP contribution in [0.5, 0.6) is 0 Å². The Hall–Kier alpha value is -0.420. The first kappa shape index (κ1) is 12.0. The van der Waals surface area contributed by atoms with E-state index in [1.54, 1.807) is 0 Å². The van der Waals surface area contributed by atoms with Crippen LogP contribution in [0.15, 0.2) is 4.21 Å². The van der Waals surface area contributed by atoms with Gasteiger partial charge in [0.25, 0.3) is 0 Å². The smallest absolute Gasteiger partial charge is 0.186 e. The van der Waals surface area contributed by atoms with Crippen LogP contribution in [0.4, 0.5) is 0 Å². The van der Waals surface area contributed by atoms with Crippen LogP contribution < -0.4 is 0 Å². The van der Waals surface area contributed by atoms with Crippen LogP contribution in [0.2, 0.25) is 0 Å². The minimum atomic E-state index is -3.15. The summed E-state index contributed by atoms with van der Waals surface area (Å²) in [5.74, 6) is 0.515. The Kier molecular flexibility index (Phi) is 2.66. The van der Waals surface area contributed by atoms with E-state index < -0.39 is 9.84 Å². The van der Waals surface area contributed by atoms with E-state index in [4.69, 9.17) is 0 Å². The van der Waals surface area contributed by atoms with Crippen LogP contribution in [0, 0.1) is 0 Å². The molecular formula is C11H17NO2S2.